The van der Waals surface area contributed by atoms with E-state index >= 15 is 0 Å². The van der Waals surface area contributed by atoms with Crippen LogP contribution in [0.5, 0.6) is 0 Å². The summed E-state index contributed by atoms with van der Waals surface area (Å²) in [4.78, 5) is 17.7. The van der Waals surface area contributed by atoms with Crippen LogP contribution >= 0.6 is 0 Å². The molecule has 0 saturated heterocycles. The number of hydrogen-bond donors (Lipinski definition) is 1. The van der Waals surface area contributed by atoms with Crippen molar-refractivity contribution in [3.05, 3.63) is 76.3 Å². The van der Waals surface area contributed by atoms with Gasteiger partial charge in [0.15, 0.2) is 0 Å². The topological polar surface area (TPSA) is 46.9 Å². The minimum absolute atomic E-state index is 0.00941. The molecule has 24 heavy (non-hydrogen) atoms. The van der Waals surface area contributed by atoms with E-state index in [4.69, 9.17) is 4.98 Å². The number of aromatic nitrogens is 2. The second-order valence-corrected chi connectivity index (χ2v) is 7.03. The van der Waals surface area contributed by atoms with E-state index in [1.54, 1.807) is 4.57 Å². The molecule has 0 saturated carbocycles. The zero-order valence-corrected chi connectivity index (χ0v) is 14.4. The summed E-state index contributed by atoms with van der Waals surface area (Å²) in [6.07, 6.45) is 0. The third kappa shape index (κ3) is 3.71. The van der Waals surface area contributed by atoms with Crippen LogP contribution in [0, 0.1) is 0 Å². The molecule has 1 N–H and O–H groups in total. The van der Waals surface area contributed by atoms with Crippen LogP contribution in [0.25, 0.3) is 10.9 Å². The van der Waals surface area contributed by atoms with E-state index in [0.29, 0.717) is 18.5 Å². The first-order valence-electron chi connectivity index (χ1n) is 8.21. The molecule has 0 spiro atoms. The first-order valence-corrected chi connectivity index (χ1v) is 8.21. The largest absolute Gasteiger partial charge is 0.305 e. The van der Waals surface area contributed by atoms with Crippen LogP contribution in [-0.4, -0.2) is 15.1 Å². The summed E-state index contributed by atoms with van der Waals surface area (Å²) in [5.74, 6) is 0.762. The van der Waals surface area contributed by atoms with Gasteiger partial charge in [-0.05, 0) is 38.5 Å². The van der Waals surface area contributed by atoms with Gasteiger partial charge in [-0.15, -0.1) is 0 Å². The van der Waals surface area contributed by atoms with Crippen molar-refractivity contribution in [3.8, 4) is 0 Å². The van der Waals surface area contributed by atoms with Gasteiger partial charge in [0.1, 0.15) is 5.82 Å². The van der Waals surface area contributed by atoms with Gasteiger partial charge in [0.25, 0.3) is 5.56 Å². The Hall–Kier alpha value is -2.46. The first kappa shape index (κ1) is 16.4. The summed E-state index contributed by atoms with van der Waals surface area (Å²) >= 11 is 0. The molecule has 0 fully saturated rings. The molecule has 0 atom stereocenters. The second kappa shape index (κ2) is 6.57. The van der Waals surface area contributed by atoms with Crippen molar-refractivity contribution in [2.45, 2.75) is 39.4 Å². The highest BCUT2D eigenvalue weighted by Gasteiger charge is 2.14. The van der Waals surface area contributed by atoms with Gasteiger partial charge in [0.2, 0.25) is 0 Å². The van der Waals surface area contributed by atoms with Crippen LogP contribution < -0.4 is 10.9 Å². The number of nitrogens with one attached hydrogen (secondary N) is 1. The molecule has 0 radical (unpaired) electrons. The molecule has 4 heteroatoms. The summed E-state index contributed by atoms with van der Waals surface area (Å²) in [6.45, 7) is 7.39. The molecule has 4 nitrogen and oxygen atoms in total. The Balaban J connectivity index is 2.09. The summed E-state index contributed by atoms with van der Waals surface area (Å²) < 4.78 is 1.77. The standard InChI is InChI=1S/C20H23N3O/c1-20(2,3)21-13-18-22-17-12-8-7-11-16(17)19(24)23(18)14-15-9-5-4-6-10-15/h4-12,21H,13-14H2,1-3H3. The molecule has 0 aliphatic heterocycles. The van der Waals surface area contributed by atoms with E-state index in [1.807, 2.05) is 54.6 Å². The Morgan fingerprint density at radius 2 is 1.67 bits per heavy atom. The van der Waals surface area contributed by atoms with Gasteiger partial charge in [0, 0.05) is 5.54 Å². The minimum Gasteiger partial charge on any atom is -0.305 e. The van der Waals surface area contributed by atoms with Gasteiger partial charge in [-0.25, -0.2) is 4.98 Å². The number of hydrogen-bond acceptors (Lipinski definition) is 3. The maximum absolute atomic E-state index is 13.0. The van der Waals surface area contributed by atoms with E-state index in [0.717, 1.165) is 16.9 Å². The Bertz CT molecular complexity index is 892. The van der Waals surface area contributed by atoms with Crippen LogP contribution in [0.4, 0.5) is 0 Å². The van der Waals surface area contributed by atoms with E-state index in [9.17, 15) is 4.79 Å². The van der Waals surface area contributed by atoms with Crippen molar-refractivity contribution in [2.24, 2.45) is 0 Å². The van der Waals surface area contributed by atoms with Gasteiger partial charge in [0.05, 0.1) is 24.0 Å². The van der Waals surface area contributed by atoms with Gasteiger partial charge in [-0.3, -0.25) is 9.36 Å². The smallest absolute Gasteiger partial charge is 0.261 e. The molecule has 0 aliphatic carbocycles. The van der Waals surface area contributed by atoms with Crippen molar-refractivity contribution >= 4 is 10.9 Å². The van der Waals surface area contributed by atoms with Crippen molar-refractivity contribution in [3.63, 3.8) is 0 Å². The average Bonchev–Trinajstić information content (AvgIpc) is 2.56. The molecule has 3 rings (SSSR count). The summed E-state index contributed by atoms with van der Waals surface area (Å²) in [5.41, 5.74) is 1.81. The predicted molar refractivity (Wildman–Crippen MR) is 98.1 cm³/mol. The Morgan fingerprint density at radius 3 is 2.38 bits per heavy atom. The molecule has 3 aromatic rings. The van der Waals surface area contributed by atoms with Crippen molar-refractivity contribution < 1.29 is 0 Å². The molecular formula is C20H23N3O. The van der Waals surface area contributed by atoms with Gasteiger partial charge in [-0.1, -0.05) is 42.5 Å². The van der Waals surface area contributed by atoms with Crippen molar-refractivity contribution in [2.75, 3.05) is 0 Å². The highest BCUT2D eigenvalue weighted by molar-refractivity contribution is 5.77. The average molecular weight is 321 g/mol. The van der Waals surface area contributed by atoms with E-state index in [1.165, 1.54) is 0 Å². The summed E-state index contributed by atoms with van der Waals surface area (Å²) in [7, 11) is 0. The quantitative estimate of drug-likeness (QED) is 0.802. The Kier molecular flexibility index (Phi) is 4.49. The number of rotatable bonds is 4. The van der Waals surface area contributed by atoms with Gasteiger partial charge >= 0.3 is 0 Å². The van der Waals surface area contributed by atoms with Crippen molar-refractivity contribution in [1.29, 1.82) is 0 Å². The first-order chi connectivity index (χ1) is 11.4. The third-order valence-corrected chi connectivity index (χ3v) is 3.90. The fourth-order valence-corrected chi connectivity index (χ4v) is 2.62. The maximum atomic E-state index is 13.0. The highest BCUT2D eigenvalue weighted by Crippen LogP contribution is 2.11. The number of benzene rings is 2. The summed E-state index contributed by atoms with van der Waals surface area (Å²) in [5, 5.41) is 4.09. The van der Waals surface area contributed by atoms with Crippen LogP contribution in [0.2, 0.25) is 0 Å². The number of para-hydroxylation sites is 1. The summed E-state index contributed by atoms with van der Waals surface area (Å²) in [6, 6.07) is 17.5. The lowest BCUT2D eigenvalue weighted by Crippen LogP contribution is -2.38. The number of nitrogens with zero attached hydrogens (tertiary/aromatic N) is 2. The molecule has 0 unspecified atom stereocenters. The Labute approximate surface area is 142 Å². The normalized spacial score (nSPS) is 11.8. The van der Waals surface area contributed by atoms with E-state index < -0.39 is 0 Å². The molecular weight excluding hydrogens is 298 g/mol. The lowest BCUT2D eigenvalue weighted by Gasteiger charge is -2.22. The number of fused-ring (bicyclic) bond motifs is 1. The molecule has 124 valence electrons. The minimum atomic E-state index is -0.0407. The Morgan fingerprint density at radius 1 is 1.00 bits per heavy atom. The third-order valence-electron chi connectivity index (χ3n) is 3.90. The fourth-order valence-electron chi connectivity index (χ4n) is 2.62. The van der Waals surface area contributed by atoms with E-state index in [-0.39, 0.29) is 11.1 Å². The van der Waals surface area contributed by atoms with E-state index in [2.05, 4.69) is 26.1 Å². The monoisotopic (exact) mass is 321 g/mol. The van der Waals surface area contributed by atoms with Crippen LogP contribution in [0.3, 0.4) is 0 Å². The van der Waals surface area contributed by atoms with Gasteiger partial charge in [-0.2, -0.15) is 0 Å². The zero-order valence-electron chi connectivity index (χ0n) is 14.4. The zero-order chi connectivity index (χ0) is 17.2. The lowest BCUT2D eigenvalue weighted by atomic mass is 10.1. The highest BCUT2D eigenvalue weighted by atomic mass is 16.1. The molecule has 0 aliphatic rings. The lowest BCUT2D eigenvalue weighted by molar-refractivity contribution is 0.411. The predicted octanol–water partition coefficient (Wildman–Crippen LogP) is 3.33. The van der Waals surface area contributed by atoms with Crippen LogP contribution in [0.1, 0.15) is 32.2 Å². The van der Waals surface area contributed by atoms with Crippen LogP contribution in [-0.2, 0) is 13.1 Å². The van der Waals surface area contributed by atoms with Gasteiger partial charge < -0.3 is 5.32 Å². The maximum Gasteiger partial charge on any atom is 0.261 e. The van der Waals surface area contributed by atoms with Crippen LogP contribution in [0.15, 0.2) is 59.4 Å². The second-order valence-electron chi connectivity index (χ2n) is 7.03. The molecule has 0 bridgehead atoms. The molecule has 2 aromatic carbocycles. The molecule has 1 heterocycles. The SMILES string of the molecule is CC(C)(C)NCc1nc2ccccc2c(=O)n1Cc1ccccc1. The molecule has 1 aromatic heterocycles. The van der Waals surface area contributed by atoms with Crippen molar-refractivity contribution in [1.82, 2.24) is 14.9 Å². The molecule has 0 amide bonds. The fraction of sp³-hybridized carbons (Fsp3) is 0.300.